The molecule has 3 rings (SSSR count). The average molecular weight is 259 g/mol. The molecule has 0 aromatic carbocycles. The van der Waals surface area contributed by atoms with Crippen molar-refractivity contribution in [3.05, 3.63) is 30.8 Å². The number of aliphatic hydroxyl groups is 1. The first kappa shape index (κ1) is 12.0. The molecule has 0 spiro atoms. The molecule has 1 aliphatic carbocycles. The number of hydrogen-bond donors (Lipinski definition) is 3. The van der Waals surface area contributed by atoms with Gasteiger partial charge in [-0.1, -0.05) is 13.2 Å². The molecule has 6 heteroatoms. The maximum Gasteiger partial charge on any atom is 0.199 e. The van der Waals surface area contributed by atoms with Crippen molar-refractivity contribution in [2.75, 3.05) is 6.61 Å². The monoisotopic (exact) mass is 259 g/mol. The van der Waals surface area contributed by atoms with E-state index in [1.807, 2.05) is 4.57 Å². The van der Waals surface area contributed by atoms with E-state index in [2.05, 4.69) is 28.5 Å². The summed E-state index contributed by atoms with van der Waals surface area (Å²) in [4.78, 5) is 8.64. The number of guanidine groups is 1. The van der Waals surface area contributed by atoms with Crippen LogP contribution in [0.2, 0.25) is 0 Å². The minimum Gasteiger partial charge on any atom is -0.396 e. The van der Waals surface area contributed by atoms with Crippen LogP contribution in [0.25, 0.3) is 5.70 Å². The van der Waals surface area contributed by atoms with E-state index >= 15 is 0 Å². The molecule has 0 unspecified atom stereocenters. The number of aromatic nitrogens is 2. The summed E-state index contributed by atoms with van der Waals surface area (Å²) in [5, 5.41) is 12.2. The molecule has 0 amide bonds. The van der Waals surface area contributed by atoms with Gasteiger partial charge in [-0.3, -0.25) is 0 Å². The lowest BCUT2D eigenvalue weighted by molar-refractivity contribution is 0.249. The highest BCUT2D eigenvalue weighted by atomic mass is 16.3. The molecule has 2 aliphatic rings. The van der Waals surface area contributed by atoms with E-state index in [4.69, 9.17) is 5.73 Å². The van der Waals surface area contributed by atoms with Crippen molar-refractivity contribution in [2.45, 2.75) is 18.9 Å². The van der Waals surface area contributed by atoms with Gasteiger partial charge in [-0.25, -0.2) is 4.98 Å². The molecule has 1 fully saturated rings. The summed E-state index contributed by atoms with van der Waals surface area (Å²) in [6, 6.07) is 0.121. The summed E-state index contributed by atoms with van der Waals surface area (Å²) in [5.41, 5.74) is 8.13. The molecule has 1 aromatic heterocycles. The SMILES string of the molecule is C=C1NC(N)=Nc2c1ncn2[C@H]1CC[C@@H](CO)C1=C. The molecule has 0 bridgehead atoms. The van der Waals surface area contributed by atoms with Crippen LogP contribution in [-0.2, 0) is 0 Å². The number of fused-ring (bicyclic) bond motifs is 1. The van der Waals surface area contributed by atoms with E-state index in [9.17, 15) is 5.11 Å². The Balaban J connectivity index is 2.01. The molecule has 1 aromatic rings. The molecule has 100 valence electrons. The van der Waals surface area contributed by atoms with E-state index in [0.29, 0.717) is 17.5 Å². The summed E-state index contributed by atoms with van der Waals surface area (Å²) in [6.45, 7) is 8.13. The zero-order valence-electron chi connectivity index (χ0n) is 10.6. The fraction of sp³-hybridized carbons (Fsp3) is 0.385. The summed E-state index contributed by atoms with van der Waals surface area (Å²) >= 11 is 0. The minimum absolute atomic E-state index is 0.121. The number of aliphatic hydroxyl groups excluding tert-OH is 1. The second-order valence-corrected chi connectivity index (χ2v) is 4.97. The van der Waals surface area contributed by atoms with Crippen molar-refractivity contribution in [1.82, 2.24) is 14.9 Å². The lowest BCUT2D eigenvalue weighted by atomic mass is 10.0. The highest BCUT2D eigenvalue weighted by molar-refractivity contribution is 5.93. The van der Waals surface area contributed by atoms with Crippen molar-refractivity contribution in [3.63, 3.8) is 0 Å². The zero-order valence-corrected chi connectivity index (χ0v) is 10.6. The zero-order chi connectivity index (χ0) is 13.6. The first-order valence-corrected chi connectivity index (χ1v) is 6.28. The Kier molecular flexibility index (Phi) is 2.67. The van der Waals surface area contributed by atoms with Crippen LogP contribution in [0.5, 0.6) is 0 Å². The predicted octanol–water partition coefficient (Wildman–Crippen LogP) is 0.903. The Bertz CT molecular complexity index is 586. The average Bonchev–Trinajstić information content (AvgIpc) is 2.92. The molecule has 4 N–H and O–H groups in total. The van der Waals surface area contributed by atoms with Crippen LogP contribution in [0, 0.1) is 5.92 Å². The van der Waals surface area contributed by atoms with Crippen molar-refractivity contribution >= 4 is 17.5 Å². The number of nitrogens with one attached hydrogen (secondary N) is 1. The standard InChI is InChI=1S/C13H17N5O/c1-7-9(5-19)3-4-10(7)18-6-15-11-8(2)16-13(14)17-12(11)18/h6,9-10,19H,1-5H2,(H3,14,16,17)/t9-,10-/m0/s1. The Morgan fingerprint density at radius 3 is 2.95 bits per heavy atom. The predicted molar refractivity (Wildman–Crippen MR) is 73.7 cm³/mol. The van der Waals surface area contributed by atoms with Crippen LogP contribution in [0.15, 0.2) is 30.1 Å². The van der Waals surface area contributed by atoms with Crippen LogP contribution >= 0.6 is 0 Å². The van der Waals surface area contributed by atoms with Gasteiger partial charge < -0.3 is 20.7 Å². The largest absolute Gasteiger partial charge is 0.396 e. The lowest BCUT2D eigenvalue weighted by Gasteiger charge is -2.19. The molecule has 1 saturated carbocycles. The second-order valence-electron chi connectivity index (χ2n) is 4.97. The third-order valence-corrected chi connectivity index (χ3v) is 3.86. The van der Waals surface area contributed by atoms with Gasteiger partial charge in [0.2, 0.25) is 0 Å². The maximum absolute atomic E-state index is 9.32. The molecule has 0 radical (unpaired) electrons. The van der Waals surface area contributed by atoms with Gasteiger partial charge in [-0.2, -0.15) is 4.99 Å². The minimum atomic E-state index is 0.121. The van der Waals surface area contributed by atoms with Gasteiger partial charge in [0.25, 0.3) is 0 Å². The first-order chi connectivity index (χ1) is 9.11. The molecule has 1 aliphatic heterocycles. The van der Waals surface area contributed by atoms with Crippen LogP contribution in [0.1, 0.15) is 24.6 Å². The number of hydrogen-bond acceptors (Lipinski definition) is 5. The first-order valence-electron chi connectivity index (χ1n) is 6.28. The normalized spacial score (nSPS) is 26.1. The summed E-state index contributed by atoms with van der Waals surface area (Å²) in [7, 11) is 0. The van der Waals surface area contributed by atoms with Gasteiger partial charge in [0.05, 0.1) is 18.1 Å². The number of imidazole rings is 1. The van der Waals surface area contributed by atoms with Gasteiger partial charge in [-0.05, 0) is 18.4 Å². The Morgan fingerprint density at radius 1 is 1.47 bits per heavy atom. The van der Waals surface area contributed by atoms with Gasteiger partial charge in [0.1, 0.15) is 5.69 Å². The molecular weight excluding hydrogens is 242 g/mol. The van der Waals surface area contributed by atoms with Crippen LogP contribution in [0.4, 0.5) is 5.82 Å². The molecule has 6 nitrogen and oxygen atoms in total. The van der Waals surface area contributed by atoms with E-state index in [1.54, 1.807) is 6.33 Å². The number of rotatable bonds is 2. The van der Waals surface area contributed by atoms with Crippen molar-refractivity contribution in [2.24, 2.45) is 16.6 Å². The summed E-state index contributed by atoms with van der Waals surface area (Å²) in [5.74, 6) is 1.20. The van der Waals surface area contributed by atoms with Gasteiger partial charge in [0, 0.05) is 12.5 Å². The van der Waals surface area contributed by atoms with Crippen LogP contribution in [-0.4, -0.2) is 27.2 Å². The number of aliphatic imine (C=N–C) groups is 1. The third-order valence-electron chi connectivity index (χ3n) is 3.86. The van der Waals surface area contributed by atoms with Gasteiger partial charge in [0.15, 0.2) is 11.8 Å². The fourth-order valence-corrected chi connectivity index (χ4v) is 2.79. The molecule has 19 heavy (non-hydrogen) atoms. The van der Waals surface area contributed by atoms with E-state index in [1.165, 1.54) is 0 Å². The highest BCUT2D eigenvalue weighted by Crippen LogP contribution is 2.42. The van der Waals surface area contributed by atoms with Crippen molar-refractivity contribution in [1.29, 1.82) is 0 Å². The summed E-state index contributed by atoms with van der Waals surface area (Å²) in [6.07, 6.45) is 3.61. The Hall–Kier alpha value is -2.08. The van der Waals surface area contributed by atoms with E-state index in [-0.39, 0.29) is 18.6 Å². The van der Waals surface area contributed by atoms with Crippen LogP contribution in [0.3, 0.4) is 0 Å². The van der Waals surface area contributed by atoms with Crippen LogP contribution < -0.4 is 11.1 Å². The smallest absolute Gasteiger partial charge is 0.199 e. The van der Waals surface area contributed by atoms with E-state index in [0.717, 1.165) is 24.1 Å². The molecule has 2 atom stereocenters. The lowest BCUT2D eigenvalue weighted by Crippen LogP contribution is -2.32. The maximum atomic E-state index is 9.32. The molecule has 0 saturated heterocycles. The second kappa shape index (κ2) is 4.24. The Morgan fingerprint density at radius 2 is 2.26 bits per heavy atom. The van der Waals surface area contributed by atoms with Crippen molar-refractivity contribution < 1.29 is 5.11 Å². The van der Waals surface area contributed by atoms with Gasteiger partial charge in [-0.15, -0.1) is 0 Å². The fourth-order valence-electron chi connectivity index (χ4n) is 2.79. The van der Waals surface area contributed by atoms with E-state index < -0.39 is 0 Å². The molecular formula is C13H17N5O. The van der Waals surface area contributed by atoms with Crippen molar-refractivity contribution in [3.8, 4) is 0 Å². The summed E-state index contributed by atoms with van der Waals surface area (Å²) < 4.78 is 1.98. The Labute approximate surface area is 111 Å². The quantitative estimate of drug-likeness (QED) is 0.689. The topological polar surface area (TPSA) is 88.5 Å². The number of nitrogens with two attached hydrogens (primary N) is 1. The van der Waals surface area contributed by atoms with Gasteiger partial charge >= 0.3 is 0 Å². The third kappa shape index (κ3) is 1.76. The number of nitrogens with zero attached hydrogens (tertiary/aromatic N) is 3. The highest BCUT2D eigenvalue weighted by Gasteiger charge is 2.32. The molecule has 2 heterocycles.